The summed E-state index contributed by atoms with van der Waals surface area (Å²) >= 11 is 0. The molecular formula is C16H21N3O. The van der Waals surface area contributed by atoms with E-state index in [-0.39, 0.29) is 18.4 Å². The highest BCUT2D eigenvalue weighted by Crippen LogP contribution is 2.20. The lowest BCUT2D eigenvalue weighted by Gasteiger charge is -2.33. The molecule has 0 spiro atoms. The number of hydrogen-bond donors (Lipinski definition) is 0. The van der Waals surface area contributed by atoms with Gasteiger partial charge in [-0.2, -0.15) is 5.26 Å². The van der Waals surface area contributed by atoms with Gasteiger partial charge in [-0.15, -0.1) is 0 Å². The van der Waals surface area contributed by atoms with Gasteiger partial charge < -0.3 is 4.90 Å². The standard InChI is InChI=1S/C16H21N3O/c1-18(11-9-17)16(20)15-8-5-10-19(13-15)12-14-6-3-2-4-7-14/h2-4,6-7,15H,5,8,10-13H2,1H3. The van der Waals surface area contributed by atoms with E-state index in [0.29, 0.717) is 0 Å². The molecule has 0 N–H and O–H groups in total. The highest BCUT2D eigenvalue weighted by atomic mass is 16.2. The average Bonchev–Trinajstić information content (AvgIpc) is 2.48. The molecule has 0 aromatic heterocycles. The minimum Gasteiger partial charge on any atom is -0.332 e. The van der Waals surface area contributed by atoms with Gasteiger partial charge in [-0.05, 0) is 24.9 Å². The Kier molecular flexibility index (Phi) is 5.14. The van der Waals surface area contributed by atoms with Gasteiger partial charge in [0.1, 0.15) is 6.54 Å². The van der Waals surface area contributed by atoms with Crippen LogP contribution in [0.25, 0.3) is 0 Å². The van der Waals surface area contributed by atoms with Crippen LogP contribution in [-0.2, 0) is 11.3 Å². The number of amides is 1. The maximum absolute atomic E-state index is 12.2. The van der Waals surface area contributed by atoms with E-state index in [4.69, 9.17) is 5.26 Å². The lowest BCUT2D eigenvalue weighted by molar-refractivity contribution is -0.135. The molecule has 4 nitrogen and oxygen atoms in total. The molecule has 1 aliphatic rings. The lowest BCUT2D eigenvalue weighted by Crippen LogP contribution is -2.43. The molecule has 1 aromatic rings. The Morgan fingerprint density at radius 1 is 1.45 bits per heavy atom. The third kappa shape index (κ3) is 3.82. The van der Waals surface area contributed by atoms with Gasteiger partial charge in [0.25, 0.3) is 0 Å². The van der Waals surface area contributed by atoms with Crippen LogP contribution in [0.15, 0.2) is 30.3 Å². The van der Waals surface area contributed by atoms with E-state index < -0.39 is 0 Å². The third-order valence-corrected chi connectivity index (χ3v) is 3.79. The summed E-state index contributed by atoms with van der Waals surface area (Å²) in [6, 6.07) is 12.4. The summed E-state index contributed by atoms with van der Waals surface area (Å²) in [5, 5.41) is 8.68. The highest BCUT2D eigenvalue weighted by Gasteiger charge is 2.27. The second kappa shape index (κ2) is 7.06. The number of nitrogens with zero attached hydrogens (tertiary/aromatic N) is 3. The molecule has 0 saturated carbocycles. The number of hydrogen-bond acceptors (Lipinski definition) is 3. The molecule has 1 unspecified atom stereocenters. The first-order chi connectivity index (χ1) is 9.70. The van der Waals surface area contributed by atoms with Crippen LogP contribution in [0.5, 0.6) is 0 Å². The van der Waals surface area contributed by atoms with Crippen LogP contribution in [0.2, 0.25) is 0 Å². The number of benzene rings is 1. The van der Waals surface area contributed by atoms with E-state index in [2.05, 4.69) is 17.0 Å². The third-order valence-electron chi connectivity index (χ3n) is 3.79. The fourth-order valence-electron chi connectivity index (χ4n) is 2.74. The first-order valence-electron chi connectivity index (χ1n) is 7.09. The Morgan fingerprint density at radius 3 is 2.90 bits per heavy atom. The van der Waals surface area contributed by atoms with Crippen LogP contribution >= 0.6 is 0 Å². The first-order valence-corrected chi connectivity index (χ1v) is 7.09. The highest BCUT2D eigenvalue weighted by molar-refractivity contribution is 5.79. The van der Waals surface area contributed by atoms with Crippen LogP contribution in [0.1, 0.15) is 18.4 Å². The Balaban J connectivity index is 1.92. The second-order valence-electron chi connectivity index (χ2n) is 5.41. The minimum absolute atomic E-state index is 0.0332. The lowest BCUT2D eigenvalue weighted by atomic mass is 9.96. The molecule has 0 bridgehead atoms. The largest absolute Gasteiger partial charge is 0.332 e. The van der Waals surface area contributed by atoms with Crippen LogP contribution in [-0.4, -0.2) is 42.4 Å². The Hall–Kier alpha value is -1.86. The van der Waals surface area contributed by atoms with Crippen LogP contribution in [0.3, 0.4) is 0 Å². The van der Waals surface area contributed by atoms with Crippen molar-refractivity contribution in [3.8, 4) is 6.07 Å². The molecule has 0 radical (unpaired) electrons. The smallest absolute Gasteiger partial charge is 0.227 e. The molecule has 4 heteroatoms. The van der Waals surface area contributed by atoms with E-state index in [1.165, 1.54) is 10.5 Å². The molecule has 20 heavy (non-hydrogen) atoms. The number of nitriles is 1. The van der Waals surface area contributed by atoms with Crippen molar-refractivity contribution in [2.24, 2.45) is 5.92 Å². The summed E-state index contributed by atoms with van der Waals surface area (Å²) in [4.78, 5) is 16.1. The predicted octanol–water partition coefficient (Wildman–Crippen LogP) is 1.88. The summed E-state index contributed by atoms with van der Waals surface area (Å²) in [5.74, 6) is 0.134. The second-order valence-corrected chi connectivity index (χ2v) is 5.41. The monoisotopic (exact) mass is 271 g/mol. The fraction of sp³-hybridized carbons (Fsp3) is 0.500. The molecule has 0 aliphatic carbocycles. The summed E-state index contributed by atoms with van der Waals surface area (Å²) in [7, 11) is 1.71. The van der Waals surface area contributed by atoms with E-state index >= 15 is 0 Å². The Labute approximate surface area is 120 Å². The van der Waals surface area contributed by atoms with Crippen molar-refractivity contribution in [3.63, 3.8) is 0 Å². The maximum Gasteiger partial charge on any atom is 0.227 e. The van der Waals surface area contributed by atoms with Crippen LogP contribution in [0.4, 0.5) is 0 Å². The number of likely N-dealkylation sites (tertiary alicyclic amines) is 1. The Bertz CT molecular complexity index is 480. The number of piperidine rings is 1. The van der Waals surface area contributed by atoms with E-state index in [9.17, 15) is 4.79 Å². The van der Waals surface area contributed by atoms with Crippen molar-refractivity contribution in [2.45, 2.75) is 19.4 Å². The van der Waals surface area contributed by atoms with Gasteiger partial charge in [0, 0.05) is 20.1 Å². The zero-order valence-corrected chi connectivity index (χ0v) is 12.0. The zero-order chi connectivity index (χ0) is 14.4. The molecule has 106 valence electrons. The molecular weight excluding hydrogens is 250 g/mol. The first kappa shape index (κ1) is 14.5. The summed E-state index contributed by atoms with van der Waals surface area (Å²) in [5.41, 5.74) is 1.28. The number of carbonyl (C=O) groups excluding carboxylic acids is 1. The molecule has 2 rings (SSSR count). The Morgan fingerprint density at radius 2 is 2.20 bits per heavy atom. The quantitative estimate of drug-likeness (QED) is 0.786. The topological polar surface area (TPSA) is 47.3 Å². The van der Waals surface area contributed by atoms with Crippen molar-refractivity contribution in [3.05, 3.63) is 35.9 Å². The van der Waals surface area contributed by atoms with Gasteiger partial charge in [-0.1, -0.05) is 30.3 Å². The van der Waals surface area contributed by atoms with Gasteiger partial charge in [0.05, 0.1) is 12.0 Å². The van der Waals surface area contributed by atoms with Gasteiger partial charge in [-0.25, -0.2) is 0 Å². The average molecular weight is 271 g/mol. The SMILES string of the molecule is CN(CC#N)C(=O)C1CCCN(Cc2ccccc2)C1. The van der Waals surface area contributed by atoms with E-state index in [1.54, 1.807) is 7.05 Å². The zero-order valence-electron chi connectivity index (χ0n) is 12.0. The van der Waals surface area contributed by atoms with Gasteiger partial charge in [-0.3, -0.25) is 9.69 Å². The molecule has 1 saturated heterocycles. The van der Waals surface area contributed by atoms with Crippen LogP contribution in [0, 0.1) is 17.2 Å². The van der Waals surface area contributed by atoms with Crippen molar-refractivity contribution >= 4 is 5.91 Å². The van der Waals surface area contributed by atoms with Crippen molar-refractivity contribution in [1.29, 1.82) is 5.26 Å². The predicted molar refractivity (Wildman–Crippen MR) is 77.7 cm³/mol. The summed E-state index contributed by atoms with van der Waals surface area (Å²) < 4.78 is 0. The van der Waals surface area contributed by atoms with Crippen molar-refractivity contribution in [2.75, 3.05) is 26.7 Å². The van der Waals surface area contributed by atoms with Gasteiger partial charge in [0.2, 0.25) is 5.91 Å². The van der Waals surface area contributed by atoms with Crippen molar-refractivity contribution < 1.29 is 4.79 Å². The van der Waals surface area contributed by atoms with Crippen molar-refractivity contribution in [1.82, 2.24) is 9.80 Å². The van der Waals surface area contributed by atoms with E-state index in [1.807, 2.05) is 24.3 Å². The van der Waals surface area contributed by atoms with Crippen LogP contribution < -0.4 is 0 Å². The minimum atomic E-state index is 0.0332. The molecule has 1 aromatic carbocycles. The summed E-state index contributed by atoms with van der Waals surface area (Å²) in [6.45, 7) is 2.91. The molecule has 1 atom stereocenters. The molecule has 1 aliphatic heterocycles. The number of rotatable bonds is 4. The molecule has 1 amide bonds. The van der Waals surface area contributed by atoms with Gasteiger partial charge in [0.15, 0.2) is 0 Å². The van der Waals surface area contributed by atoms with E-state index in [0.717, 1.165) is 32.5 Å². The molecule has 1 heterocycles. The molecule has 1 fully saturated rings. The maximum atomic E-state index is 12.2. The van der Waals surface area contributed by atoms with Gasteiger partial charge >= 0.3 is 0 Å². The number of carbonyl (C=O) groups is 1. The fourth-order valence-corrected chi connectivity index (χ4v) is 2.74. The summed E-state index contributed by atoms with van der Waals surface area (Å²) in [6.07, 6.45) is 1.98. The normalized spacial score (nSPS) is 19.3.